The second-order valence-electron chi connectivity index (χ2n) is 8.72. The van der Waals surface area contributed by atoms with Gasteiger partial charge in [-0.3, -0.25) is 9.69 Å². The Morgan fingerprint density at radius 2 is 1.80 bits per heavy atom. The van der Waals surface area contributed by atoms with Gasteiger partial charge in [-0.1, -0.05) is 32.0 Å². The number of para-hydroxylation sites is 1. The van der Waals surface area contributed by atoms with Crippen LogP contribution in [-0.2, 0) is 11.2 Å². The smallest absolute Gasteiger partial charge is 0.238 e. The molecule has 2 aromatic rings. The lowest BCUT2D eigenvalue weighted by molar-refractivity contribution is -0.118. The summed E-state index contributed by atoms with van der Waals surface area (Å²) in [5, 5.41) is 3.03. The van der Waals surface area contributed by atoms with E-state index in [9.17, 15) is 4.79 Å². The number of carbonyl (C=O) groups excluding carboxylic acids is 1. The van der Waals surface area contributed by atoms with E-state index in [2.05, 4.69) is 65.4 Å². The molecule has 0 aliphatic carbocycles. The van der Waals surface area contributed by atoms with Gasteiger partial charge < -0.3 is 16.0 Å². The van der Waals surface area contributed by atoms with Crippen LogP contribution in [0.3, 0.4) is 0 Å². The second-order valence-corrected chi connectivity index (χ2v) is 8.72. The fourth-order valence-electron chi connectivity index (χ4n) is 4.35. The zero-order valence-electron chi connectivity index (χ0n) is 17.6. The maximum atomic E-state index is 12.5. The molecular weight excluding hydrogens is 419 g/mol. The van der Waals surface area contributed by atoms with Gasteiger partial charge in [0.15, 0.2) is 0 Å². The quantitative estimate of drug-likeness (QED) is 0.731. The molecule has 2 aliphatic rings. The first-order valence-corrected chi connectivity index (χ1v) is 10.2. The van der Waals surface area contributed by atoms with E-state index < -0.39 is 0 Å². The number of fused-ring (bicyclic) bond motifs is 1. The molecule has 7 heteroatoms. The van der Waals surface area contributed by atoms with Crippen molar-refractivity contribution in [1.82, 2.24) is 4.90 Å². The second kappa shape index (κ2) is 10.0. The zero-order chi connectivity index (χ0) is 19.7. The number of piperidine rings is 1. The Morgan fingerprint density at radius 1 is 1.10 bits per heavy atom. The van der Waals surface area contributed by atoms with Gasteiger partial charge in [0, 0.05) is 42.7 Å². The maximum Gasteiger partial charge on any atom is 0.238 e. The Kier molecular flexibility index (Phi) is 8.17. The van der Waals surface area contributed by atoms with Gasteiger partial charge in [0.2, 0.25) is 5.91 Å². The van der Waals surface area contributed by atoms with Gasteiger partial charge in [-0.15, -0.1) is 24.8 Å². The average Bonchev–Trinajstić information content (AvgIpc) is 3.09. The minimum Gasteiger partial charge on any atom is -0.341 e. The molecule has 1 atom stereocenters. The highest BCUT2D eigenvalue weighted by Crippen LogP contribution is 2.34. The van der Waals surface area contributed by atoms with Crippen molar-refractivity contribution in [2.24, 2.45) is 11.1 Å². The molecule has 2 heterocycles. The van der Waals surface area contributed by atoms with E-state index in [1.54, 1.807) is 0 Å². The molecule has 1 saturated heterocycles. The predicted molar refractivity (Wildman–Crippen MR) is 130 cm³/mol. The number of nitrogens with one attached hydrogen (secondary N) is 1. The van der Waals surface area contributed by atoms with Gasteiger partial charge in [-0.05, 0) is 54.2 Å². The van der Waals surface area contributed by atoms with Crippen molar-refractivity contribution in [2.45, 2.75) is 32.7 Å². The first kappa shape index (κ1) is 24.5. The summed E-state index contributed by atoms with van der Waals surface area (Å²) in [7, 11) is 0. The van der Waals surface area contributed by atoms with E-state index >= 15 is 0 Å². The number of nitrogens with two attached hydrogens (primary N) is 1. The van der Waals surface area contributed by atoms with Gasteiger partial charge in [0.25, 0.3) is 0 Å². The van der Waals surface area contributed by atoms with E-state index in [-0.39, 0.29) is 42.2 Å². The fourth-order valence-corrected chi connectivity index (χ4v) is 4.35. The number of carbonyl (C=O) groups is 1. The molecule has 0 radical (unpaired) electrons. The molecule has 2 aliphatic heterocycles. The highest BCUT2D eigenvalue weighted by Gasteiger charge is 2.33. The first-order chi connectivity index (χ1) is 13.4. The highest BCUT2D eigenvalue weighted by molar-refractivity contribution is 5.92. The number of nitrogens with zero attached hydrogens (tertiary/aromatic N) is 2. The van der Waals surface area contributed by atoms with Crippen LogP contribution in [0.4, 0.5) is 17.1 Å². The summed E-state index contributed by atoms with van der Waals surface area (Å²) in [4.78, 5) is 17.0. The van der Waals surface area contributed by atoms with Crippen LogP contribution < -0.4 is 16.0 Å². The number of rotatable bonds is 4. The van der Waals surface area contributed by atoms with E-state index in [0.717, 1.165) is 43.9 Å². The number of hydrogen-bond donors (Lipinski definition) is 2. The zero-order valence-corrected chi connectivity index (χ0v) is 19.3. The minimum absolute atomic E-state index is 0. The van der Waals surface area contributed by atoms with E-state index in [1.165, 1.54) is 11.3 Å². The largest absolute Gasteiger partial charge is 0.341 e. The number of benzene rings is 2. The molecule has 3 N–H and O–H groups in total. The summed E-state index contributed by atoms with van der Waals surface area (Å²) in [6.07, 6.45) is 2.01. The van der Waals surface area contributed by atoms with Crippen molar-refractivity contribution in [2.75, 3.05) is 36.4 Å². The van der Waals surface area contributed by atoms with Crippen molar-refractivity contribution in [3.05, 3.63) is 54.1 Å². The SMILES string of the molecule is CC1(C)CN(CC(=O)Nc2ccc(N3CCc4ccccc43)cc2)CCC1N.Cl.Cl. The molecule has 0 bridgehead atoms. The Labute approximate surface area is 191 Å². The van der Waals surface area contributed by atoms with Crippen molar-refractivity contribution < 1.29 is 4.79 Å². The molecule has 1 amide bonds. The molecule has 30 heavy (non-hydrogen) atoms. The molecule has 0 spiro atoms. The number of halogens is 2. The van der Waals surface area contributed by atoms with E-state index in [1.807, 2.05) is 12.1 Å². The van der Waals surface area contributed by atoms with E-state index in [4.69, 9.17) is 5.73 Å². The third kappa shape index (κ3) is 5.27. The van der Waals surface area contributed by atoms with Crippen LogP contribution in [0.1, 0.15) is 25.8 Å². The molecular formula is C23H32Cl2N4O. The van der Waals surface area contributed by atoms with Gasteiger partial charge >= 0.3 is 0 Å². The van der Waals surface area contributed by atoms with Crippen LogP contribution >= 0.6 is 24.8 Å². The van der Waals surface area contributed by atoms with Crippen molar-refractivity contribution in [3.63, 3.8) is 0 Å². The number of anilines is 3. The number of likely N-dealkylation sites (tertiary alicyclic amines) is 1. The monoisotopic (exact) mass is 450 g/mol. The Morgan fingerprint density at radius 3 is 2.50 bits per heavy atom. The van der Waals surface area contributed by atoms with Crippen LogP contribution in [0.5, 0.6) is 0 Å². The van der Waals surface area contributed by atoms with Gasteiger partial charge in [-0.25, -0.2) is 0 Å². The third-order valence-corrected chi connectivity index (χ3v) is 6.11. The molecule has 1 unspecified atom stereocenters. The van der Waals surface area contributed by atoms with Crippen molar-refractivity contribution >= 4 is 47.8 Å². The van der Waals surface area contributed by atoms with Crippen molar-refractivity contribution in [3.8, 4) is 0 Å². The predicted octanol–water partition coefficient (Wildman–Crippen LogP) is 4.22. The molecule has 164 valence electrons. The first-order valence-electron chi connectivity index (χ1n) is 10.2. The number of amides is 1. The van der Waals surface area contributed by atoms with Crippen LogP contribution in [-0.4, -0.2) is 43.0 Å². The van der Waals surface area contributed by atoms with Gasteiger partial charge in [-0.2, -0.15) is 0 Å². The molecule has 0 saturated carbocycles. The molecule has 5 nitrogen and oxygen atoms in total. The lowest BCUT2D eigenvalue weighted by atomic mass is 9.80. The Bertz CT molecular complexity index is 857. The summed E-state index contributed by atoms with van der Waals surface area (Å²) in [5.41, 5.74) is 10.9. The summed E-state index contributed by atoms with van der Waals surface area (Å²) < 4.78 is 0. The lowest BCUT2D eigenvalue weighted by Crippen LogP contribution is -2.53. The topological polar surface area (TPSA) is 61.6 Å². The van der Waals surface area contributed by atoms with Crippen molar-refractivity contribution in [1.29, 1.82) is 0 Å². The summed E-state index contributed by atoms with van der Waals surface area (Å²) >= 11 is 0. The lowest BCUT2D eigenvalue weighted by Gasteiger charge is -2.42. The summed E-state index contributed by atoms with van der Waals surface area (Å²) in [6, 6.07) is 16.9. The molecule has 4 rings (SSSR count). The standard InChI is InChI=1S/C23H30N4O.2ClH/c1-23(2)16-26(13-12-21(23)24)15-22(28)25-18-7-9-19(10-8-18)27-14-11-17-5-3-4-6-20(17)27;;/h3-10,21H,11-16,24H2,1-2H3,(H,25,28);2*1H. The van der Waals surface area contributed by atoms with Gasteiger partial charge in [0.05, 0.1) is 6.54 Å². The number of hydrogen-bond acceptors (Lipinski definition) is 4. The molecule has 0 aromatic heterocycles. The van der Waals surface area contributed by atoms with E-state index in [0.29, 0.717) is 6.54 Å². The highest BCUT2D eigenvalue weighted by atomic mass is 35.5. The third-order valence-electron chi connectivity index (χ3n) is 6.11. The van der Waals surface area contributed by atoms with Gasteiger partial charge in [0.1, 0.15) is 0 Å². The van der Waals surface area contributed by atoms with Crippen LogP contribution in [0.2, 0.25) is 0 Å². The molecule has 1 fully saturated rings. The normalized spacial score (nSPS) is 20.0. The maximum absolute atomic E-state index is 12.5. The molecule has 2 aromatic carbocycles. The minimum atomic E-state index is 0. The fraction of sp³-hybridized carbons (Fsp3) is 0.435. The average molecular weight is 451 g/mol. The Hall–Kier alpha value is -1.79. The summed E-state index contributed by atoms with van der Waals surface area (Å²) in [6.45, 7) is 7.50. The van der Waals surface area contributed by atoms with Crippen LogP contribution in [0.25, 0.3) is 0 Å². The van der Waals surface area contributed by atoms with Crippen LogP contribution in [0.15, 0.2) is 48.5 Å². The van der Waals surface area contributed by atoms with Crippen LogP contribution in [0, 0.1) is 5.41 Å². The summed E-state index contributed by atoms with van der Waals surface area (Å²) in [5.74, 6) is 0.0329. The Balaban J connectivity index is 0.00000160.